The van der Waals surface area contributed by atoms with Gasteiger partial charge in [0.15, 0.2) is 5.82 Å². The van der Waals surface area contributed by atoms with Crippen molar-refractivity contribution in [2.75, 3.05) is 6.54 Å². The summed E-state index contributed by atoms with van der Waals surface area (Å²) in [5.74, 6) is 1.50. The Bertz CT molecular complexity index is 556. The van der Waals surface area contributed by atoms with Gasteiger partial charge in [0.1, 0.15) is 0 Å². The molecule has 3 rings (SSSR count). The summed E-state index contributed by atoms with van der Waals surface area (Å²) >= 11 is 0. The summed E-state index contributed by atoms with van der Waals surface area (Å²) in [7, 11) is 0. The molecule has 4 heteroatoms. The van der Waals surface area contributed by atoms with E-state index in [2.05, 4.69) is 41.4 Å². The van der Waals surface area contributed by atoms with E-state index < -0.39 is 0 Å². The predicted molar refractivity (Wildman–Crippen MR) is 77.6 cm³/mol. The van der Waals surface area contributed by atoms with Crippen molar-refractivity contribution in [3.8, 4) is 0 Å². The number of hydrogen-bond acceptors (Lipinski definition) is 4. The molecule has 0 radical (unpaired) electrons. The average molecular weight is 271 g/mol. The van der Waals surface area contributed by atoms with Gasteiger partial charge in [0, 0.05) is 12.5 Å². The lowest BCUT2D eigenvalue weighted by atomic mass is 9.84. The highest BCUT2D eigenvalue weighted by Gasteiger charge is 2.29. The first-order valence-electron chi connectivity index (χ1n) is 7.28. The van der Waals surface area contributed by atoms with Gasteiger partial charge in [0.25, 0.3) is 0 Å². The largest absolute Gasteiger partial charge is 0.339 e. The second kappa shape index (κ2) is 5.37. The van der Waals surface area contributed by atoms with Crippen LogP contribution in [0.1, 0.15) is 44.0 Å². The SMILES string of the molecule is CC(C)(c1ccccc1)c1noc(CC2CCCN2)n1. The number of rotatable bonds is 4. The fourth-order valence-electron chi connectivity index (χ4n) is 2.72. The van der Waals surface area contributed by atoms with Gasteiger partial charge in [0.2, 0.25) is 5.89 Å². The lowest BCUT2D eigenvalue weighted by Gasteiger charge is -2.20. The minimum absolute atomic E-state index is 0.230. The molecular formula is C16H21N3O. The molecule has 106 valence electrons. The minimum Gasteiger partial charge on any atom is -0.339 e. The third-order valence-electron chi connectivity index (χ3n) is 4.11. The second-order valence-corrected chi connectivity index (χ2v) is 6.00. The molecule has 4 nitrogen and oxygen atoms in total. The van der Waals surface area contributed by atoms with Crippen LogP contribution in [0.2, 0.25) is 0 Å². The molecule has 1 aliphatic rings. The standard InChI is InChI=1S/C16H21N3O/c1-16(2,12-7-4-3-5-8-12)15-18-14(20-19-15)11-13-9-6-10-17-13/h3-5,7-8,13,17H,6,9-11H2,1-2H3. The normalized spacial score (nSPS) is 19.4. The number of nitrogens with zero attached hydrogens (tertiary/aromatic N) is 2. The topological polar surface area (TPSA) is 51.0 Å². The van der Waals surface area contributed by atoms with E-state index in [9.17, 15) is 0 Å². The van der Waals surface area contributed by atoms with Gasteiger partial charge in [-0.3, -0.25) is 0 Å². The molecule has 20 heavy (non-hydrogen) atoms. The van der Waals surface area contributed by atoms with Crippen LogP contribution in [0.25, 0.3) is 0 Å². The average Bonchev–Trinajstić information content (AvgIpc) is 3.12. The Morgan fingerprint density at radius 1 is 1.30 bits per heavy atom. The fraction of sp³-hybridized carbons (Fsp3) is 0.500. The smallest absolute Gasteiger partial charge is 0.228 e. The van der Waals surface area contributed by atoms with E-state index in [-0.39, 0.29) is 5.41 Å². The molecule has 0 bridgehead atoms. The van der Waals surface area contributed by atoms with Crippen LogP contribution in [-0.2, 0) is 11.8 Å². The Morgan fingerprint density at radius 2 is 2.10 bits per heavy atom. The molecule has 1 aromatic heterocycles. The highest BCUT2D eigenvalue weighted by molar-refractivity contribution is 5.30. The Labute approximate surface area is 119 Å². The van der Waals surface area contributed by atoms with Crippen LogP contribution >= 0.6 is 0 Å². The Balaban J connectivity index is 1.78. The van der Waals surface area contributed by atoms with E-state index in [0.717, 1.165) is 24.7 Å². The van der Waals surface area contributed by atoms with Gasteiger partial charge < -0.3 is 9.84 Å². The third kappa shape index (κ3) is 2.61. The highest BCUT2D eigenvalue weighted by Crippen LogP contribution is 2.29. The molecule has 1 atom stereocenters. The van der Waals surface area contributed by atoms with E-state index in [0.29, 0.717) is 6.04 Å². The van der Waals surface area contributed by atoms with Crippen LogP contribution in [0.4, 0.5) is 0 Å². The van der Waals surface area contributed by atoms with Gasteiger partial charge in [-0.2, -0.15) is 4.98 Å². The van der Waals surface area contributed by atoms with Crippen molar-refractivity contribution in [2.45, 2.75) is 44.6 Å². The maximum absolute atomic E-state index is 5.43. The summed E-state index contributed by atoms with van der Waals surface area (Å²) in [6.07, 6.45) is 3.26. The molecule has 1 aromatic carbocycles. The first-order chi connectivity index (χ1) is 9.66. The summed E-state index contributed by atoms with van der Waals surface area (Å²) in [5, 5.41) is 7.65. The summed E-state index contributed by atoms with van der Waals surface area (Å²) in [4.78, 5) is 4.60. The lowest BCUT2D eigenvalue weighted by Crippen LogP contribution is -2.24. The molecule has 1 fully saturated rings. The quantitative estimate of drug-likeness (QED) is 0.929. The molecule has 2 heterocycles. The zero-order valence-electron chi connectivity index (χ0n) is 12.1. The van der Waals surface area contributed by atoms with Gasteiger partial charge in [-0.1, -0.05) is 35.5 Å². The zero-order chi connectivity index (χ0) is 14.0. The highest BCUT2D eigenvalue weighted by atomic mass is 16.5. The van der Waals surface area contributed by atoms with Crippen LogP contribution in [0.15, 0.2) is 34.9 Å². The lowest BCUT2D eigenvalue weighted by molar-refractivity contribution is 0.354. The molecule has 0 amide bonds. The molecule has 1 unspecified atom stereocenters. The maximum Gasteiger partial charge on any atom is 0.228 e. The molecule has 0 spiro atoms. The number of benzene rings is 1. The third-order valence-corrected chi connectivity index (χ3v) is 4.11. The summed E-state index contributed by atoms with van der Waals surface area (Å²) in [6, 6.07) is 10.8. The maximum atomic E-state index is 5.43. The van der Waals surface area contributed by atoms with Crippen molar-refractivity contribution >= 4 is 0 Å². The van der Waals surface area contributed by atoms with Crippen LogP contribution < -0.4 is 5.32 Å². The summed E-state index contributed by atoms with van der Waals surface area (Å²) < 4.78 is 5.43. The van der Waals surface area contributed by atoms with Crippen LogP contribution in [-0.4, -0.2) is 22.7 Å². The van der Waals surface area contributed by atoms with Crippen LogP contribution in [0.3, 0.4) is 0 Å². The number of aromatic nitrogens is 2. The molecule has 0 saturated carbocycles. The molecule has 1 N–H and O–H groups in total. The molecule has 1 aliphatic heterocycles. The van der Waals surface area contributed by atoms with Crippen LogP contribution in [0, 0.1) is 0 Å². The van der Waals surface area contributed by atoms with Gasteiger partial charge in [-0.05, 0) is 38.8 Å². The van der Waals surface area contributed by atoms with Crippen molar-refractivity contribution in [1.29, 1.82) is 0 Å². The molecule has 2 aromatic rings. The van der Waals surface area contributed by atoms with E-state index in [1.165, 1.54) is 18.4 Å². The fourth-order valence-corrected chi connectivity index (χ4v) is 2.72. The number of nitrogens with one attached hydrogen (secondary N) is 1. The van der Waals surface area contributed by atoms with Crippen molar-refractivity contribution in [1.82, 2.24) is 15.5 Å². The van der Waals surface area contributed by atoms with Gasteiger partial charge in [-0.25, -0.2) is 0 Å². The summed E-state index contributed by atoms with van der Waals surface area (Å²) in [6.45, 7) is 5.36. The minimum atomic E-state index is -0.230. The predicted octanol–water partition coefficient (Wildman–Crippen LogP) is 2.69. The van der Waals surface area contributed by atoms with E-state index in [4.69, 9.17) is 4.52 Å². The summed E-state index contributed by atoms with van der Waals surface area (Å²) in [5.41, 5.74) is 0.970. The number of hydrogen-bond donors (Lipinski definition) is 1. The van der Waals surface area contributed by atoms with Gasteiger partial charge in [0.05, 0.1) is 5.41 Å². The monoisotopic (exact) mass is 271 g/mol. The second-order valence-electron chi connectivity index (χ2n) is 6.00. The first-order valence-corrected chi connectivity index (χ1v) is 7.28. The van der Waals surface area contributed by atoms with Crippen molar-refractivity contribution in [3.63, 3.8) is 0 Å². The van der Waals surface area contributed by atoms with E-state index in [1.54, 1.807) is 0 Å². The Kier molecular flexibility index (Phi) is 3.57. The van der Waals surface area contributed by atoms with Gasteiger partial charge >= 0.3 is 0 Å². The molecule has 0 aliphatic carbocycles. The van der Waals surface area contributed by atoms with E-state index >= 15 is 0 Å². The first kappa shape index (κ1) is 13.3. The van der Waals surface area contributed by atoms with Crippen LogP contribution in [0.5, 0.6) is 0 Å². The Morgan fingerprint density at radius 3 is 2.80 bits per heavy atom. The zero-order valence-corrected chi connectivity index (χ0v) is 12.1. The van der Waals surface area contributed by atoms with Crippen molar-refractivity contribution < 1.29 is 4.52 Å². The Hall–Kier alpha value is -1.68. The molecular weight excluding hydrogens is 250 g/mol. The molecule has 1 saturated heterocycles. The van der Waals surface area contributed by atoms with Crippen molar-refractivity contribution in [3.05, 3.63) is 47.6 Å². The van der Waals surface area contributed by atoms with Gasteiger partial charge in [-0.15, -0.1) is 0 Å². The van der Waals surface area contributed by atoms with E-state index in [1.807, 2.05) is 18.2 Å². The van der Waals surface area contributed by atoms with Crippen molar-refractivity contribution in [2.24, 2.45) is 0 Å².